The minimum absolute atomic E-state index is 0.320. The molecule has 0 fully saturated rings. The maximum absolute atomic E-state index is 12.5. The van der Waals surface area contributed by atoms with Crippen LogP contribution in [-0.2, 0) is 14.8 Å². The molecule has 0 aliphatic heterocycles. The Morgan fingerprint density at radius 3 is 2.03 bits per heavy atom. The number of hydrogen-bond donors (Lipinski definition) is 1. The van der Waals surface area contributed by atoms with E-state index in [0.717, 1.165) is 21.8 Å². The van der Waals surface area contributed by atoms with Crippen molar-refractivity contribution in [2.45, 2.75) is 6.92 Å². The second kappa shape index (κ2) is 9.32. The first-order valence-corrected chi connectivity index (χ1v) is 11.1. The maximum atomic E-state index is 12.5. The Morgan fingerprint density at radius 2 is 1.43 bits per heavy atom. The molecule has 3 aromatic rings. The molecule has 0 spiro atoms. The molecule has 154 valence electrons. The van der Waals surface area contributed by atoms with Crippen molar-refractivity contribution in [3.05, 3.63) is 84.4 Å². The van der Waals surface area contributed by atoms with E-state index in [-0.39, 0.29) is 6.54 Å². The molecule has 3 rings (SSSR count). The smallest absolute Gasteiger partial charge is 0.245 e. The molecule has 0 aromatic heterocycles. The third-order valence-corrected chi connectivity index (χ3v) is 5.39. The fraction of sp³-hybridized carbons (Fsp3) is 0.136. The van der Waals surface area contributed by atoms with Crippen LogP contribution in [0.15, 0.2) is 89.1 Å². The van der Waals surface area contributed by atoms with Crippen LogP contribution in [0.5, 0.6) is 0 Å². The lowest BCUT2D eigenvalue weighted by Gasteiger charge is -2.23. The van der Waals surface area contributed by atoms with Gasteiger partial charge in [-0.25, -0.2) is 8.42 Å². The third kappa shape index (κ3) is 5.74. The van der Waals surface area contributed by atoms with E-state index in [2.05, 4.69) is 15.5 Å². The van der Waals surface area contributed by atoms with E-state index in [1.165, 1.54) is 0 Å². The number of aryl methyl sites for hydroxylation is 1. The largest absolute Gasteiger partial charge is 0.325 e. The summed E-state index contributed by atoms with van der Waals surface area (Å²) in [5.74, 6) is -0.442. The molecule has 0 radical (unpaired) electrons. The highest BCUT2D eigenvalue weighted by Gasteiger charge is 2.22. The molecule has 8 heteroatoms. The first-order valence-electron chi connectivity index (χ1n) is 9.23. The zero-order valence-electron chi connectivity index (χ0n) is 16.7. The number of azo groups is 1. The van der Waals surface area contributed by atoms with Crippen LogP contribution in [0.1, 0.15) is 5.56 Å². The van der Waals surface area contributed by atoms with Crippen LogP contribution >= 0.6 is 0 Å². The van der Waals surface area contributed by atoms with E-state index >= 15 is 0 Å². The average Bonchev–Trinajstić information content (AvgIpc) is 2.72. The first kappa shape index (κ1) is 21.2. The lowest BCUT2D eigenvalue weighted by molar-refractivity contribution is -0.114. The van der Waals surface area contributed by atoms with E-state index in [9.17, 15) is 13.2 Å². The molecule has 30 heavy (non-hydrogen) atoms. The molecule has 0 aliphatic rings. The van der Waals surface area contributed by atoms with Crippen molar-refractivity contribution in [2.24, 2.45) is 10.2 Å². The number of nitrogens with one attached hydrogen (secondary N) is 1. The van der Waals surface area contributed by atoms with E-state index in [1.54, 1.807) is 49.4 Å². The van der Waals surface area contributed by atoms with E-state index < -0.39 is 15.9 Å². The van der Waals surface area contributed by atoms with Gasteiger partial charge < -0.3 is 5.32 Å². The second-order valence-corrected chi connectivity index (χ2v) is 8.59. The molecular weight excluding hydrogens is 400 g/mol. The predicted octanol–water partition coefficient (Wildman–Crippen LogP) is 4.82. The summed E-state index contributed by atoms with van der Waals surface area (Å²) in [5.41, 5.74) is 3.16. The Morgan fingerprint density at radius 1 is 0.867 bits per heavy atom. The number of hydrogen-bond acceptors (Lipinski definition) is 5. The van der Waals surface area contributed by atoms with Crippen LogP contribution in [0.4, 0.5) is 22.7 Å². The lowest BCUT2D eigenvalue weighted by atomic mass is 10.2. The topological polar surface area (TPSA) is 91.2 Å². The van der Waals surface area contributed by atoms with Gasteiger partial charge in [-0.3, -0.25) is 9.10 Å². The Bertz CT molecular complexity index is 1140. The summed E-state index contributed by atoms with van der Waals surface area (Å²) in [6, 6.07) is 23.2. The van der Waals surface area contributed by atoms with Crippen LogP contribution in [0.25, 0.3) is 0 Å². The van der Waals surface area contributed by atoms with Crippen LogP contribution in [0.3, 0.4) is 0 Å². The normalized spacial score (nSPS) is 11.4. The van der Waals surface area contributed by atoms with Crippen LogP contribution < -0.4 is 9.62 Å². The van der Waals surface area contributed by atoms with Crippen molar-refractivity contribution in [2.75, 3.05) is 22.4 Å². The monoisotopic (exact) mass is 422 g/mol. The fourth-order valence-corrected chi connectivity index (χ4v) is 3.69. The summed E-state index contributed by atoms with van der Waals surface area (Å²) in [6.07, 6.45) is 1.08. The van der Waals surface area contributed by atoms with E-state index in [1.807, 2.05) is 36.4 Å². The van der Waals surface area contributed by atoms with Crippen molar-refractivity contribution in [1.82, 2.24) is 0 Å². The van der Waals surface area contributed by atoms with Gasteiger partial charge in [0.1, 0.15) is 6.54 Å². The van der Waals surface area contributed by atoms with Gasteiger partial charge in [0.25, 0.3) is 0 Å². The second-order valence-electron chi connectivity index (χ2n) is 6.69. The first-order chi connectivity index (χ1) is 14.3. The average molecular weight is 423 g/mol. The number of amides is 1. The quantitative estimate of drug-likeness (QED) is 0.554. The molecule has 1 N–H and O–H groups in total. The van der Waals surface area contributed by atoms with Gasteiger partial charge in [-0.2, -0.15) is 10.2 Å². The SMILES string of the molecule is Cc1ccccc1N(CC(=O)Nc1ccc(N=Nc2ccccc2)cc1)S(C)(=O)=O. The van der Waals surface area contributed by atoms with Gasteiger partial charge in [-0.15, -0.1) is 0 Å². The maximum Gasteiger partial charge on any atom is 0.245 e. The molecule has 0 heterocycles. The molecular formula is C22H22N4O3S. The van der Waals surface area contributed by atoms with Crippen LogP contribution in [0.2, 0.25) is 0 Å². The molecule has 1 amide bonds. The number of carbonyl (C=O) groups excluding carboxylic acids is 1. The van der Waals surface area contributed by atoms with Gasteiger partial charge in [0.15, 0.2) is 0 Å². The van der Waals surface area contributed by atoms with Gasteiger partial charge in [-0.05, 0) is 55.0 Å². The highest BCUT2D eigenvalue weighted by Crippen LogP contribution is 2.23. The fourth-order valence-electron chi connectivity index (χ4n) is 2.78. The highest BCUT2D eigenvalue weighted by molar-refractivity contribution is 7.92. The molecule has 0 atom stereocenters. The van der Waals surface area contributed by atoms with Crippen LogP contribution in [-0.4, -0.2) is 27.1 Å². The van der Waals surface area contributed by atoms with Crippen molar-refractivity contribution in [1.29, 1.82) is 0 Å². The summed E-state index contributed by atoms with van der Waals surface area (Å²) in [7, 11) is -3.62. The van der Waals surface area contributed by atoms with Crippen molar-refractivity contribution >= 4 is 38.7 Å². The molecule has 0 saturated carbocycles. The number of para-hydroxylation sites is 1. The number of anilines is 2. The van der Waals surface area contributed by atoms with Gasteiger partial charge in [0, 0.05) is 5.69 Å². The van der Waals surface area contributed by atoms with Gasteiger partial charge in [0.2, 0.25) is 15.9 Å². The summed E-state index contributed by atoms with van der Waals surface area (Å²) in [4.78, 5) is 12.5. The zero-order valence-corrected chi connectivity index (χ0v) is 17.5. The third-order valence-electron chi connectivity index (χ3n) is 4.26. The Hall–Kier alpha value is -3.52. The summed E-state index contributed by atoms with van der Waals surface area (Å²) < 4.78 is 25.6. The van der Waals surface area contributed by atoms with E-state index in [4.69, 9.17) is 0 Å². The van der Waals surface area contributed by atoms with Gasteiger partial charge in [0.05, 0.1) is 23.3 Å². The summed E-state index contributed by atoms with van der Waals surface area (Å²) >= 11 is 0. The molecule has 3 aromatic carbocycles. The molecule has 0 aliphatic carbocycles. The minimum atomic E-state index is -3.62. The Kier molecular flexibility index (Phi) is 6.58. The zero-order chi connectivity index (χ0) is 21.6. The molecule has 7 nitrogen and oxygen atoms in total. The molecule has 0 unspecified atom stereocenters. The number of sulfonamides is 1. The van der Waals surface area contributed by atoms with Crippen LogP contribution in [0, 0.1) is 6.92 Å². The lowest BCUT2D eigenvalue weighted by Crippen LogP contribution is -2.37. The highest BCUT2D eigenvalue weighted by atomic mass is 32.2. The number of benzene rings is 3. The number of rotatable bonds is 7. The number of carbonyl (C=O) groups is 1. The molecule has 0 saturated heterocycles. The Balaban J connectivity index is 1.67. The Labute approximate surface area is 176 Å². The van der Waals surface area contributed by atoms with Gasteiger partial charge >= 0.3 is 0 Å². The van der Waals surface area contributed by atoms with Crippen molar-refractivity contribution in [3.63, 3.8) is 0 Å². The predicted molar refractivity (Wildman–Crippen MR) is 119 cm³/mol. The molecule has 0 bridgehead atoms. The van der Waals surface area contributed by atoms with Crippen molar-refractivity contribution < 1.29 is 13.2 Å². The summed E-state index contributed by atoms with van der Waals surface area (Å²) in [5, 5.41) is 11.0. The number of nitrogens with zero attached hydrogens (tertiary/aromatic N) is 3. The summed E-state index contributed by atoms with van der Waals surface area (Å²) in [6.45, 7) is 1.48. The minimum Gasteiger partial charge on any atom is -0.325 e. The van der Waals surface area contributed by atoms with Gasteiger partial charge in [-0.1, -0.05) is 36.4 Å². The standard InChI is InChI=1S/C22H22N4O3S/c1-17-8-6-7-11-21(17)26(30(2,28)29)16-22(27)23-18-12-14-20(15-13-18)25-24-19-9-4-3-5-10-19/h3-15H,16H2,1-2H3,(H,23,27). The van der Waals surface area contributed by atoms with Crippen molar-refractivity contribution in [3.8, 4) is 0 Å². The van der Waals surface area contributed by atoms with E-state index in [0.29, 0.717) is 17.1 Å².